The van der Waals surface area contributed by atoms with Gasteiger partial charge < -0.3 is 29.0 Å². The van der Waals surface area contributed by atoms with E-state index in [4.69, 9.17) is 14.2 Å². The van der Waals surface area contributed by atoms with Crippen LogP contribution in [-0.2, 0) is 6.54 Å². The maximum atomic E-state index is 13.3. The Bertz CT molecular complexity index is 1050. The number of methoxy groups -OCH3 is 2. The Labute approximate surface area is 182 Å². The Hall–Kier alpha value is -3.61. The zero-order valence-electron chi connectivity index (χ0n) is 18.0. The van der Waals surface area contributed by atoms with Crippen molar-refractivity contribution in [3.8, 4) is 17.2 Å². The van der Waals surface area contributed by atoms with Gasteiger partial charge in [-0.05, 0) is 61.0 Å². The van der Waals surface area contributed by atoms with Crippen molar-refractivity contribution in [3.63, 3.8) is 0 Å². The fourth-order valence-electron chi connectivity index (χ4n) is 3.97. The van der Waals surface area contributed by atoms with Crippen molar-refractivity contribution in [1.29, 1.82) is 0 Å². The van der Waals surface area contributed by atoms with Gasteiger partial charge in [0.1, 0.15) is 5.75 Å². The first-order chi connectivity index (χ1) is 15.1. The monoisotopic (exact) mass is 421 g/mol. The van der Waals surface area contributed by atoms with Gasteiger partial charge in [-0.15, -0.1) is 0 Å². The highest BCUT2D eigenvalue weighted by molar-refractivity contribution is 5.90. The summed E-state index contributed by atoms with van der Waals surface area (Å²) in [6, 6.07) is 16.9. The number of anilines is 1. The molecule has 2 heterocycles. The van der Waals surface area contributed by atoms with Gasteiger partial charge in [0.05, 0.1) is 26.9 Å². The number of benzene rings is 2. The Morgan fingerprint density at radius 3 is 2.52 bits per heavy atom. The maximum Gasteiger partial charge on any atom is 0.322 e. The molecule has 4 rings (SSSR count). The Balaban J connectivity index is 1.63. The molecule has 2 amide bonds. The van der Waals surface area contributed by atoms with Gasteiger partial charge in [-0.1, -0.05) is 6.07 Å². The van der Waals surface area contributed by atoms with Gasteiger partial charge in [0.15, 0.2) is 11.5 Å². The average molecular weight is 421 g/mol. The lowest BCUT2D eigenvalue weighted by molar-refractivity contribution is 0.181. The molecule has 1 N–H and O–H groups in total. The van der Waals surface area contributed by atoms with E-state index in [0.29, 0.717) is 24.7 Å². The number of ether oxygens (including phenoxy) is 3. The van der Waals surface area contributed by atoms with Gasteiger partial charge in [-0.25, -0.2) is 4.79 Å². The van der Waals surface area contributed by atoms with E-state index >= 15 is 0 Å². The van der Waals surface area contributed by atoms with Gasteiger partial charge in [0.2, 0.25) is 0 Å². The lowest BCUT2D eigenvalue weighted by Crippen LogP contribution is -2.44. The van der Waals surface area contributed by atoms with E-state index in [1.165, 1.54) is 0 Å². The molecule has 31 heavy (non-hydrogen) atoms. The second-order valence-electron chi connectivity index (χ2n) is 7.22. The van der Waals surface area contributed by atoms with Crippen molar-refractivity contribution in [2.75, 3.05) is 32.7 Å². The van der Waals surface area contributed by atoms with Crippen LogP contribution in [0.2, 0.25) is 0 Å². The molecule has 0 bridgehead atoms. The summed E-state index contributed by atoms with van der Waals surface area (Å²) in [5.74, 6) is 2.07. The van der Waals surface area contributed by atoms with Gasteiger partial charge in [0, 0.05) is 30.7 Å². The van der Waals surface area contributed by atoms with Gasteiger partial charge >= 0.3 is 6.03 Å². The van der Waals surface area contributed by atoms with E-state index in [-0.39, 0.29) is 12.1 Å². The number of nitrogens with one attached hydrogen (secondary N) is 1. The van der Waals surface area contributed by atoms with Crippen molar-refractivity contribution < 1.29 is 19.0 Å². The Kier molecular flexibility index (Phi) is 6.02. The zero-order valence-corrected chi connectivity index (χ0v) is 18.0. The number of carbonyl (C=O) groups excluding carboxylic acids is 1. The second kappa shape index (κ2) is 9.04. The molecule has 0 fully saturated rings. The van der Waals surface area contributed by atoms with E-state index in [1.54, 1.807) is 14.2 Å². The number of fused-ring (bicyclic) bond motifs is 1. The van der Waals surface area contributed by atoms with Crippen molar-refractivity contribution in [1.82, 2.24) is 9.47 Å². The van der Waals surface area contributed by atoms with Crippen molar-refractivity contribution in [3.05, 3.63) is 72.1 Å². The van der Waals surface area contributed by atoms with Crippen molar-refractivity contribution >= 4 is 11.7 Å². The van der Waals surface area contributed by atoms with Gasteiger partial charge in [-0.2, -0.15) is 0 Å². The van der Waals surface area contributed by atoms with Crippen LogP contribution in [0.15, 0.2) is 60.8 Å². The molecule has 0 saturated carbocycles. The molecule has 3 aromatic rings. The standard InChI is InChI=1S/C24H27N3O4/c1-4-31-19-10-8-18(9-11-19)25-24(28)27-15-14-26-13-5-6-20(26)23(27)17-7-12-21(29-2)22(16-17)30-3/h5-13,16,23H,4,14-15H2,1-3H3,(H,25,28)/t23-/m0/s1. The number of aromatic nitrogens is 1. The van der Waals surface area contributed by atoms with Gasteiger partial charge in [-0.3, -0.25) is 0 Å². The maximum absolute atomic E-state index is 13.3. The molecular formula is C24H27N3O4. The van der Waals surface area contributed by atoms with Crippen LogP contribution in [0.1, 0.15) is 24.2 Å². The molecule has 0 spiro atoms. The predicted molar refractivity (Wildman–Crippen MR) is 119 cm³/mol. The quantitative estimate of drug-likeness (QED) is 0.635. The summed E-state index contributed by atoms with van der Waals surface area (Å²) in [4.78, 5) is 15.1. The summed E-state index contributed by atoms with van der Waals surface area (Å²) in [7, 11) is 3.22. The largest absolute Gasteiger partial charge is 0.494 e. The first-order valence-corrected chi connectivity index (χ1v) is 10.3. The second-order valence-corrected chi connectivity index (χ2v) is 7.22. The first kappa shape index (κ1) is 20.7. The number of urea groups is 1. The highest BCUT2D eigenvalue weighted by Gasteiger charge is 2.32. The first-order valence-electron chi connectivity index (χ1n) is 10.3. The van der Waals surface area contributed by atoms with Crippen LogP contribution >= 0.6 is 0 Å². The predicted octanol–water partition coefficient (Wildman–Crippen LogP) is 4.54. The number of hydrogen-bond donors (Lipinski definition) is 1. The van der Waals surface area contributed by atoms with Crippen LogP contribution in [0.25, 0.3) is 0 Å². The minimum Gasteiger partial charge on any atom is -0.494 e. The summed E-state index contributed by atoms with van der Waals surface area (Å²) >= 11 is 0. The summed E-state index contributed by atoms with van der Waals surface area (Å²) in [5, 5.41) is 3.02. The third-order valence-electron chi connectivity index (χ3n) is 5.44. The minimum absolute atomic E-state index is 0.156. The summed E-state index contributed by atoms with van der Waals surface area (Å²) < 4.78 is 18.5. The number of nitrogens with zero attached hydrogens (tertiary/aromatic N) is 2. The van der Waals surface area contributed by atoms with Gasteiger partial charge in [0.25, 0.3) is 0 Å². The molecule has 0 unspecified atom stereocenters. The molecular weight excluding hydrogens is 394 g/mol. The number of amides is 2. The van der Waals surface area contributed by atoms with Crippen molar-refractivity contribution in [2.45, 2.75) is 19.5 Å². The molecule has 2 aromatic carbocycles. The molecule has 0 radical (unpaired) electrons. The SMILES string of the molecule is CCOc1ccc(NC(=O)N2CCn3cccc3[C@@H]2c2ccc(OC)c(OC)c2)cc1. The number of hydrogen-bond acceptors (Lipinski definition) is 4. The molecule has 1 atom stereocenters. The highest BCUT2D eigenvalue weighted by atomic mass is 16.5. The third-order valence-corrected chi connectivity index (χ3v) is 5.44. The van der Waals surface area contributed by atoms with E-state index in [9.17, 15) is 4.79 Å². The lowest BCUT2D eigenvalue weighted by atomic mass is 9.99. The van der Waals surface area contributed by atoms with Crippen LogP contribution < -0.4 is 19.5 Å². The fraction of sp³-hybridized carbons (Fsp3) is 0.292. The van der Waals surface area contributed by atoms with E-state index in [2.05, 4.69) is 16.0 Å². The summed E-state index contributed by atoms with van der Waals surface area (Å²) in [6.07, 6.45) is 2.05. The molecule has 0 saturated heterocycles. The molecule has 7 nitrogen and oxygen atoms in total. The number of rotatable bonds is 6. The minimum atomic E-state index is -0.244. The summed E-state index contributed by atoms with van der Waals surface area (Å²) in [5.41, 5.74) is 2.74. The van der Waals surface area contributed by atoms with Crippen LogP contribution in [0.5, 0.6) is 17.2 Å². The Morgan fingerprint density at radius 2 is 1.81 bits per heavy atom. The normalized spacial score (nSPS) is 15.2. The van der Waals surface area contributed by atoms with Crippen LogP contribution in [-0.4, -0.2) is 42.9 Å². The highest BCUT2D eigenvalue weighted by Crippen LogP contribution is 2.37. The molecule has 0 aliphatic carbocycles. The number of carbonyl (C=O) groups is 1. The Morgan fingerprint density at radius 1 is 1.03 bits per heavy atom. The van der Waals surface area contributed by atoms with Crippen LogP contribution in [0.4, 0.5) is 10.5 Å². The topological polar surface area (TPSA) is 65.0 Å². The lowest BCUT2D eigenvalue weighted by Gasteiger charge is -2.37. The zero-order chi connectivity index (χ0) is 21.8. The molecule has 1 aliphatic rings. The average Bonchev–Trinajstić information content (AvgIpc) is 3.28. The van der Waals surface area contributed by atoms with E-state index in [1.807, 2.05) is 66.6 Å². The summed E-state index contributed by atoms with van der Waals surface area (Å²) in [6.45, 7) is 3.87. The molecule has 7 heteroatoms. The van der Waals surface area contributed by atoms with E-state index in [0.717, 1.165) is 29.2 Å². The molecule has 1 aromatic heterocycles. The fourth-order valence-corrected chi connectivity index (χ4v) is 3.97. The smallest absolute Gasteiger partial charge is 0.322 e. The van der Waals surface area contributed by atoms with Crippen LogP contribution in [0, 0.1) is 0 Å². The third kappa shape index (κ3) is 4.17. The van der Waals surface area contributed by atoms with E-state index < -0.39 is 0 Å². The van der Waals surface area contributed by atoms with Crippen LogP contribution in [0.3, 0.4) is 0 Å². The van der Waals surface area contributed by atoms with Crippen molar-refractivity contribution in [2.24, 2.45) is 0 Å². The molecule has 1 aliphatic heterocycles. The molecule has 162 valence electrons.